The molecule has 20 heavy (non-hydrogen) atoms. The summed E-state index contributed by atoms with van der Waals surface area (Å²) in [6, 6.07) is 11.1. The van der Waals surface area contributed by atoms with E-state index < -0.39 is 5.97 Å². The van der Waals surface area contributed by atoms with Crippen molar-refractivity contribution in [2.45, 2.75) is 6.54 Å². The van der Waals surface area contributed by atoms with Crippen LogP contribution in [0.15, 0.2) is 42.5 Å². The molecule has 0 saturated heterocycles. The maximum atomic E-state index is 13.1. The predicted octanol–water partition coefficient (Wildman–Crippen LogP) is 2.74. The van der Waals surface area contributed by atoms with Crippen LogP contribution in [0.5, 0.6) is 0 Å². The van der Waals surface area contributed by atoms with Crippen LogP contribution in [-0.4, -0.2) is 18.1 Å². The average molecular weight is 274 g/mol. The monoisotopic (exact) mass is 274 g/mol. The van der Waals surface area contributed by atoms with Crippen LogP contribution in [0.25, 0.3) is 0 Å². The highest BCUT2D eigenvalue weighted by molar-refractivity contribution is 5.94. The molecule has 0 aliphatic heterocycles. The van der Waals surface area contributed by atoms with Gasteiger partial charge < -0.3 is 15.7 Å². The van der Waals surface area contributed by atoms with Crippen molar-refractivity contribution < 1.29 is 14.3 Å². The molecule has 0 atom stereocenters. The maximum Gasteiger partial charge on any atom is 0.337 e. The summed E-state index contributed by atoms with van der Waals surface area (Å²) in [5.41, 5.74) is 7.60. The number of anilines is 2. The number of carboxylic acids is 1. The van der Waals surface area contributed by atoms with Gasteiger partial charge in [0.2, 0.25) is 0 Å². The molecule has 0 amide bonds. The zero-order chi connectivity index (χ0) is 14.7. The van der Waals surface area contributed by atoms with Crippen molar-refractivity contribution in [3.63, 3.8) is 0 Å². The molecule has 3 N–H and O–H groups in total. The summed E-state index contributed by atoms with van der Waals surface area (Å²) >= 11 is 0. The fraction of sp³-hybridized carbons (Fsp3) is 0.133. The maximum absolute atomic E-state index is 13.1. The molecule has 0 aromatic heterocycles. The minimum atomic E-state index is -1.05. The normalized spacial score (nSPS) is 10.3. The molecule has 0 aliphatic rings. The molecule has 5 heteroatoms. The van der Waals surface area contributed by atoms with Crippen LogP contribution in [0.4, 0.5) is 15.8 Å². The third-order valence-electron chi connectivity index (χ3n) is 3.02. The molecule has 0 bridgehead atoms. The van der Waals surface area contributed by atoms with E-state index in [1.165, 1.54) is 18.2 Å². The Balaban J connectivity index is 2.19. The SMILES string of the molecule is CN(Cc1cccc(F)c1)c1ccc(C(=O)O)c(N)c1. The first-order valence-electron chi connectivity index (χ1n) is 6.06. The van der Waals surface area contributed by atoms with Crippen LogP contribution in [0.1, 0.15) is 15.9 Å². The number of hydrogen-bond donors (Lipinski definition) is 2. The van der Waals surface area contributed by atoms with Crippen molar-refractivity contribution in [3.8, 4) is 0 Å². The minimum absolute atomic E-state index is 0.0768. The van der Waals surface area contributed by atoms with Crippen LogP contribution >= 0.6 is 0 Å². The highest BCUT2D eigenvalue weighted by Gasteiger charge is 2.10. The average Bonchev–Trinajstić information content (AvgIpc) is 2.38. The third kappa shape index (κ3) is 3.06. The summed E-state index contributed by atoms with van der Waals surface area (Å²) in [7, 11) is 1.83. The Morgan fingerprint density at radius 2 is 2.05 bits per heavy atom. The molecular weight excluding hydrogens is 259 g/mol. The fourth-order valence-corrected chi connectivity index (χ4v) is 1.98. The lowest BCUT2D eigenvalue weighted by atomic mass is 10.1. The van der Waals surface area contributed by atoms with Gasteiger partial charge in [0.25, 0.3) is 0 Å². The van der Waals surface area contributed by atoms with Crippen molar-refractivity contribution in [3.05, 3.63) is 59.4 Å². The largest absolute Gasteiger partial charge is 0.478 e. The fourth-order valence-electron chi connectivity index (χ4n) is 1.98. The molecule has 4 nitrogen and oxygen atoms in total. The topological polar surface area (TPSA) is 66.6 Å². The smallest absolute Gasteiger partial charge is 0.337 e. The molecule has 0 saturated carbocycles. The number of aromatic carboxylic acids is 1. The summed E-state index contributed by atoms with van der Waals surface area (Å²) in [5.74, 6) is -1.33. The Morgan fingerprint density at radius 3 is 2.65 bits per heavy atom. The predicted molar refractivity (Wildman–Crippen MR) is 76.3 cm³/mol. The molecule has 0 spiro atoms. The Bertz CT molecular complexity index is 644. The minimum Gasteiger partial charge on any atom is -0.478 e. The zero-order valence-electron chi connectivity index (χ0n) is 11.0. The lowest BCUT2D eigenvalue weighted by Gasteiger charge is -2.20. The first kappa shape index (κ1) is 13.9. The van der Waals surface area contributed by atoms with Crippen molar-refractivity contribution in [1.29, 1.82) is 0 Å². The van der Waals surface area contributed by atoms with Crippen molar-refractivity contribution in [2.75, 3.05) is 17.7 Å². The van der Waals surface area contributed by atoms with Gasteiger partial charge in [-0.25, -0.2) is 9.18 Å². The number of carbonyl (C=O) groups is 1. The van der Waals surface area contributed by atoms with E-state index >= 15 is 0 Å². The summed E-state index contributed by atoms with van der Waals surface area (Å²) in [6.07, 6.45) is 0. The second-order valence-corrected chi connectivity index (χ2v) is 4.56. The molecule has 0 aliphatic carbocycles. The molecule has 0 fully saturated rings. The second-order valence-electron chi connectivity index (χ2n) is 4.56. The molecule has 0 unspecified atom stereocenters. The van der Waals surface area contributed by atoms with Crippen LogP contribution in [-0.2, 0) is 6.54 Å². The van der Waals surface area contributed by atoms with Crippen molar-refractivity contribution in [2.24, 2.45) is 0 Å². The summed E-state index contributed by atoms with van der Waals surface area (Å²) in [4.78, 5) is 12.8. The van der Waals surface area contributed by atoms with Crippen molar-refractivity contribution in [1.82, 2.24) is 0 Å². The number of nitrogens with two attached hydrogens (primary N) is 1. The highest BCUT2D eigenvalue weighted by Crippen LogP contribution is 2.22. The van der Waals surface area contributed by atoms with E-state index in [0.717, 1.165) is 11.3 Å². The van der Waals surface area contributed by atoms with E-state index in [1.54, 1.807) is 18.2 Å². The molecule has 2 rings (SSSR count). The number of halogens is 1. The zero-order valence-corrected chi connectivity index (χ0v) is 11.0. The summed E-state index contributed by atoms with van der Waals surface area (Å²) in [6.45, 7) is 0.504. The quantitative estimate of drug-likeness (QED) is 0.841. The van der Waals surface area contributed by atoms with Crippen LogP contribution in [0, 0.1) is 5.82 Å². The van der Waals surface area contributed by atoms with Crippen molar-refractivity contribution >= 4 is 17.3 Å². The van der Waals surface area contributed by atoms with E-state index in [9.17, 15) is 9.18 Å². The van der Waals surface area contributed by atoms with Gasteiger partial charge in [0, 0.05) is 25.0 Å². The summed E-state index contributed by atoms with van der Waals surface area (Å²) in [5, 5.41) is 8.93. The van der Waals surface area contributed by atoms with Gasteiger partial charge in [-0.05, 0) is 35.9 Å². The molecule has 0 heterocycles. The Hall–Kier alpha value is -2.56. The molecule has 0 radical (unpaired) electrons. The van der Waals surface area contributed by atoms with Gasteiger partial charge in [-0.3, -0.25) is 0 Å². The van der Waals surface area contributed by atoms with Gasteiger partial charge in [-0.15, -0.1) is 0 Å². The molecule has 2 aromatic rings. The van der Waals surface area contributed by atoms with Crippen LogP contribution < -0.4 is 10.6 Å². The molecule has 2 aromatic carbocycles. The Morgan fingerprint density at radius 1 is 1.30 bits per heavy atom. The standard InChI is InChI=1S/C15H15FN2O2/c1-18(9-10-3-2-4-11(16)7-10)12-5-6-13(15(19)20)14(17)8-12/h2-8H,9,17H2,1H3,(H,19,20). The van der Waals surface area contributed by atoms with E-state index in [4.69, 9.17) is 10.8 Å². The number of benzene rings is 2. The first-order valence-corrected chi connectivity index (χ1v) is 6.06. The van der Waals surface area contributed by atoms with Gasteiger partial charge in [0.15, 0.2) is 0 Å². The van der Waals surface area contributed by atoms with Crippen LogP contribution in [0.3, 0.4) is 0 Å². The lowest BCUT2D eigenvalue weighted by molar-refractivity contribution is 0.0698. The van der Waals surface area contributed by atoms with Gasteiger partial charge in [-0.1, -0.05) is 12.1 Å². The third-order valence-corrected chi connectivity index (χ3v) is 3.02. The number of nitrogen functional groups attached to an aromatic ring is 1. The van der Waals surface area contributed by atoms with E-state index in [2.05, 4.69) is 0 Å². The highest BCUT2D eigenvalue weighted by atomic mass is 19.1. The first-order chi connectivity index (χ1) is 9.47. The van der Waals surface area contributed by atoms with Crippen LogP contribution in [0.2, 0.25) is 0 Å². The van der Waals surface area contributed by atoms with Gasteiger partial charge in [0.05, 0.1) is 5.56 Å². The Kier molecular flexibility index (Phi) is 3.89. The number of carboxylic acid groups (broad SMARTS) is 1. The number of hydrogen-bond acceptors (Lipinski definition) is 3. The van der Waals surface area contributed by atoms with E-state index in [-0.39, 0.29) is 17.1 Å². The lowest BCUT2D eigenvalue weighted by Crippen LogP contribution is -2.17. The van der Waals surface area contributed by atoms with E-state index in [1.807, 2.05) is 18.0 Å². The Labute approximate surface area is 116 Å². The van der Waals surface area contributed by atoms with Gasteiger partial charge in [-0.2, -0.15) is 0 Å². The van der Waals surface area contributed by atoms with Gasteiger partial charge in [0.1, 0.15) is 5.82 Å². The number of rotatable bonds is 4. The second kappa shape index (κ2) is 5.61. The van der Waals surface area contributed by atoms with E-state index in [0.29, 0.717) is 6.54 Å². The number of nitrogens with zero attached hydrogens (tertiary/aromatic N) is 1. The molecular formula is C15H15FN2O2. The summed E-state index contributed by atoms with van der Waals surface area (Å²) < 4.78 is 13.1. The molecule has 104 valence electrons. The van der Waals surface area contributed by atoms with Gasteiger partial charge >= 0.3 is 5.97 Å².